The predicted octanol–water partition coefficient (Wildman–Crippen LogP) is 1.60. The Bertz CT molecular complexity index is 550. The molecule has 2 rings (SSSR count). The highest BCUT2D eigenvalue weighted by Crippen LogP contribution is 2.06. The zero-order chi connectivity index (χ0) is 14.4. The number of carbonyl (C=O) groups excluding carboxylic acids is 1. The molecule has 0 saturated carbocycles. The Morgan fingerprint density at radius 1 is 1.30 bits per heavy atom. The lowest BCUT2D eigenvalue weighted by Gasteiger charge is -2.12. The normalized spacial score (nSPS) is 12.1. The number of nitrogens with zero attached hydrogens (tertiary/aromatic N) is 2. The average molecular weight is 272 g/mol. The quantitative estimate of drug-likeness (QED) is 0.839. The Morgan fingerprint density at radius 2 is 2.05 bits per heavy atom. The Balaban J connectivity index is 1.97. The van der Waals surface area contributed by atoms with Gasteiger partial charge in [0.05, 0.1) is 5.69 Å². The van der Waals surface area contributed by atoms with Crippen molar-refractivity contribution in [2.24, 2.45) is 0 Å². The largest absolute Gasteiger partial charge is 0.349 e. The lowest BCUT2D eigenvalue weighted by molar-refractivity contribution is 0.0945. The third-order valence-electron chi connectivity index (χ3n) is 2.96. The van der Waals surface area contributed by atoms with Crippen molar-refractivity contribution in [2.45, 2.75) is 19.9 Å². The molecule has 0 radical (unpaired) electrons. The first-order valence-electron chi connectivity index (χ1n) is 6.83. The summed E-state index contributed by atoms with van der Waals surface area (Å²) in [5.74, 6) is -0.149. The van der Waals surface area contributed by atoms with Gasteiger partial charge in [0.15, 0.2) is 5.69 Å². The van der Waals surface area contributed by atoms with Crippen LogP contribution >= 0.6 is 0 Å². The minimum atomic E-state index is -0.149. The molecule has 106 valence electrons. The number of hydrogen-bond donors (Lipinski definition) is 2. The molecule has 1 amide bonds. The molecule has 0 fully saturated rings. The number of hydrogen-bond acceptors (Lipinski definition) is 3. The molecule has 0 spiro atoms. The number of para-hydroxylation sites is 1. The van der Waals surface area contributed by atoms with E-state index in [0.717, 1.165) is 12.2 Å². The van der Waals surface area contributed by atoms with Crippen molar-refractivity contribution in [3.63, 3.8) is 0 Å². The van der Waals surface area contributed by atoms with Gasteiger partial charge in [0.2, 0.25) is 0 Å². The van der Waals surface area contributed by atoms with Crippen LogP contribution in [0.15, 0.2) is 42.6 Å². The molecule has 2 N–H and O–H groups in total. The SMILES string of the molecule is CCN[C@H](C)CNC(=O)c1ccn(-c2ccccc2)n1. The summed E-state index contributed by atoms with van der Waals surface area (Å²) in [6, 6.07) is 11.7. The fraction of sp³-hybridized carbons (Fsp3) is 0.333. The molecular formula is C15H20N4O. The first-order valence-corrected chi connectivity index (χ1v) is 6.83. The van der Waals surface area contributed by atoms with Crippen LogP contribution in [-0.2, 0) is 0 Å². The summed E-state index contributed by atoms with van der Waals surface area (Å²) in [5, 5.41) is 10.4. The summed E-state index contributed by atoms with van der Waals surface area (Å²) in [5.41, 5.74) is 1.37. The molecule has 0 bridgehead atoms. The third-order valence-corrected chi connectivity index (χ3v) is 2.96. The standard InChI is InChI=1S/C15H20N4O/c1-3-16-12(2)11-17-15(20)14-9-10-19(18-14)13-7-5-4-6-8-13/h4-10,12,16H,3,11H2,1-2H3,(H,17,20)/t12-/m1/s1. The van der Waals surface area contributed by atoms with Crippen LogP contribution in [-0.4, -0.2) is 34.8 Å². The third kappa shape index (κ3) is 3.68. The number of aromatic nitrogens is 2. The maximum Gasteiger partial charge on any atom is 0.271 e. The van der Waals surface area contributed by atoms with E-state index >= 15 is 0 Å². The number of nitrogens with one attached hydrogen (secondary N) is 2. The van der Waals surface area contributed by atoms with Gasteiger partial charge in [-0.3, -0.25) is 4.79 Å². The van der Waals surface area contributed by atoms with Gasteiger partial charge >= 0.3 is 0 Å². The van der Waals surface area contributed by atoms with Crippen molar-refractivity contribution < 1.29 is 4.79 Å². The molecule has 1 atom stereocenters. The number of rotatable bonds is 6. The van der Waals surface area contributed by atoms with Gasteiger partial charge in [0.1, 0.15) is 0 Å². The monoisotopic (exact) mass is 272 g/mol. The van der Waals surface area contributed by atoms with Crippen LogP contribution in [0.5, 0.6) is 0 Å². The molecule has 5 nitrogen and oxygen atoms in total. The maximum atomic E-state index is 12.0. The molecule has 2 aromatic rings. The van der Waals surface area contributed by atoms with Crippen LogP contribution < -0.4 is 10.6 Å². The van der Waals surface area contributed by atoms with Crippen molar-refractivity contribution in [2.75, 3.05) is 13.1 Å². The Labute approximate surface area is 119 Å². The van der Waals surface area contributed by atoms with Gasteiger partial charge in [0, 0.05) is 18.8 Å². The summed E-state index contributed by atoms with van der Waals surface area (Å²) in [6.45, 7) is 5.55. The zero-order valence-electron chi connectivity index (χ0n) is 11.8. The summed E-state index contributed by atoms with van der Waals surface area (Å²) < 4.78 is 1.70. The number of amides is 1. The van der Waals surface area contributed by atoms with Crippen molar-refractivity contribution in [3.8, 4) is 5.69 Å². The first kappa shape index (κ1) is 14.3. The van der Waals surface area contributed by atoms with E-state index in [0.29, 0.717) is 12.2 Å². The fourth-order valence-electron chi connectivity index (χ4n) is 1.93. The molecule has 0 aliphatic carbocycles. The molecule has 20 heavy (non-hydrogen) atoms. The molecule has 1 heterocycles. The fourth-order valence-corrected chi connectivity index (χ4v) is 1.93. The molecule has 5 heteroatoms. The smallest absolute Gasteiger partial charge is 0.271 e. The van der Waals surface area contributed by atoms with Crippen molar-refractivity contribution in [1.29, 1.82) is 0 Å². The predicted molar refractivity (Wildman–Crippen MR) is 79.0 cm³/mol. The second kappa shape index (κ2) is 6.86. The average Bonchev–Trinajstić information content (AvgIpc) is 2.96. The summed E-state index contributed by atoms with van der Waals surface area (Å²) in [7, 11) is 0. The van der Waals surface area contributed by atoms with Crippen LogP contribution in [0.25, 0.3) is 5.69 Å². The minimum Gasteiger partial charge on any atom is -0.349 e. The van der Waals surface area contributed by atoms with Crippen molar-refractivity contribution in [3.05, 3.63) is 48.3 Å². The van der Waals surface area contributed by atoms with Crippen molar-refractivity contribution in [1.82, 2.24) is 20.4 Å². The van der Waals surface area contributed by atoms with E-state index in [-0.39, 0.29) is 11.9 Å². The highest BCUT2D eigenvalue weighted by molar-refractivity contribution is 5.92. The van der Waals surface area contributed by atoms with Gasteiger partial charge in [-0.15, -0.1) is 0 Å². The second-order valence-electron chi connectivity index (χ2n) is 4.65. The van der Waals surface area contributed by atoms with E-state index < -0.39 is 0 Å². The van der Waals surface area contributed by atoms with E-state index in [2.05, 4.69) is 15.7 Å². The van der Waals surface area contributed by atoms with Gasteiger partial charge < -0.3 is 10.6 Å². The van der Waals surface area contributed by atoms with Gasteiger partial charge in [-0.25, -0.2) is 4.68 Å². The van der Waals surface area contributed by atoms with Crippen molar-refractivity contribution >= 4 is 5.91 Å². The Kier molecular flexibility index (Phi) is 4.90. The summed E-state index contributed by atoms with van der Waals surface area (Å²) >= 11 is 0. The van der Waals surface area contributed by atoms with E-state index in [9.17, 15) is 4.79 Å². The molecule has 1 aromatic heterocycles. The van der Waals surface area contributed by atoms with Gasteiger partial charge in [-0.2, -0.15) is 5.10 Å². The first-order chi connectivity index (χ1) is 9.70. The van der Waals surface area contributed by atoms with Crippen LogP contribution in [0.4, 0.5) is 0 Å². The van der Waals surface area contributed by atoms with Crippen LogP contribution in [0.2, 0.25) is 0 Å². The van der Waals surface area contributed by atoms with E-state index in [4.69, 9.17) is 0 Å². The Morgan fingerprint density at radius 3 is 2.75 bits per heavy atom. The number of benzene rings is 1. The molecule has 0 aliphatic heterocycles. The zero-order valence-corrected chi connectivity index (χ0v) is 11.8. The lowest BCUT2D eigenvalue weighted by Crippen LogP contribution is -2.38. The minimum absolute atomic E-state index is 0.149. The van der Waals surface area contributed by atoms with E-state index in [1.165, 1.54) is 0 Å². The topological polar surface area (TPSA) is 58.9 Å². The Hall–Kier alpha value is -2.14. The molecule has 0 saturated heterocycles. The van der Waals surface area contributed by atoms with E-state index in [1.54, 1.807) is 16.9 Å². The molecule has 1 aromatic carbocycles. The highest BCUT2D eigenvalue weighted by Gasteiger charge is 2.10. The second-order valence-corrected chi connectivity index (χ2v) is 4.65. The van der Waals surface area contributed by atoms with Gasteiger partial charge in [-0.05, 0) is 31.7 Å². The van der Waals surface area contributed by atoms with E-state index in [1.807, 2.05) is 44.2 Å². The summed E-state index contributed by atoms with van der Waals surface area (Å²) in [4.78, 5) is 12.0. The van der Waals surface area contributed by atoms with Gasteiger partial charge in [0.25, 0.3) is 5.91 Å². The lowest BCUT2D eigenvalue weighted by atomic mass is 10.3. The molecule has 0 aliphatic rings. The number of carbonyl (C=O) groups is 1. The maximum absolute atomic E-state index is 12.0. The van der Waals surface area contributed by atoms with Crippen LogP contribution in [0, 0.1) is 0 Å². The van der Waals surface area contributed by atoms with Gasteiger partial charge in [-0.1, -0.05) is 25.1 Å². The van der Waals surface area contributed by atoms with Crippen LogP contribution in [0.1, 0.15) is 24.3 Å². The highest BCUT2D eigenvalue weighted by atomic mass is 16.1. The molecular weight excluding hydrogens is 252 g/mol. The summed E-state index contributed by atoms with van der Waals surface area (Å²) in [6.07, 6.45) is 1.79. The number of likely N-dealkylation sites (N-methyl/N-ethyl adjacent to an activating group) is 1. The molecule has 0 unspecified atom stereocenters. The van der Waals surface area contributed by atoms with Crippen LogP contribution in [0.3, 0.4) is 0 Å².